The zero-order valence-corrected chi connectivity index (χ0v) is 12.6. The molecule has 3 heteroatoms. The molecule has 2 aliphatic rings. The molecular weight excluding hydrogens is 275 g/mol. The molecule has 2 aromatic rings. The third-order valence-corrected chi connectivity index (χ3v) is 5.22. The number of hydrogen-bond donors (Lipinski definition) is 1. The van der Waals surface area contributed by atoms with E-state index in [4.69, 9.17) is 0 Å². The van der Waals surface area contributed by atoms with Crippen molar-refractivity contribution >= 4 is 0 Å². The van der Waals surface area contributed by atoms with E-state index in [0.29, 0.717) is 24.8 Å². The first kappa shape index (κ1) is 13.9. The number of benzene rings is 1. The molecule has 2 aliphatic carbocycles. The monoisotopic (exact) mass is 296 g/mol. The Bertz CT molecular complexity index is 622. The minimum Gasteiger partial charge on any atom is -0.312 e. The third-order valence-electron chi connectivity index (χ3n) is 5.22. The second-order valence-electron chi connectivity index (χ2n) is 6.77. The van der Waals surface area contributed by atoms with Crippen LogP contribution in [0.1, 0.15) is 36.3 Å². The van der Waals surface area contributed by atoms with Crippen molar-refractivity contribution in [3.8, 4) is 0 Å². The van der Waals surface area contributed by atoms with Gasteiger partial charge in [-0.2, -0.15) is 0 Å². The maximum absolute atomic E-state index is 13.5. The van der Waals surface area contributed by atoms with Gasteiger partial charge in [0.05, 0.1) is 0 Å². The number of pyridine rings is 1. The summed E-state index contributed by atoms with van der Waals surface area (Å²) in [5.41, 5.74) is 2.53. The van der Waals surface area contributed by atoms with Crippen LogP contribution in [0.3, 0.4) is 0 Å². The maximum Gasteiger partial charge on any atom is 0.102 e. The average Bonchev–Trinajstić information content (AvgIpc) is 3.32. The summed E-state index contributed by atoms with van der Waals surface area (Å²) in [6, 6.07) is 15.2. The highest BCUT2D eigenvalue weighted by atomic mass is 19.1. The first-order valence-electron chi connectivity index (χ1n) is 8.10. The van der Waals surface area contributed by atoms with Crippen LogP contribution in [0, 0.1) is 0 Å². The van der Waals surface area contributed by atoms with E-state index in [1.807, 2.05) is 12.3 Å². The Morgan fingerprint density at radius 1 is 1.14 bits per heavy atom. The van der Waals surface area contributed by atoms with Crippen molar-refractivity contribution in [1.29, 1.82) is 0 Å². The topological polar surface area (TPSA) is 24.9 Å². The fourth-order valence-corrected chi connectivity index (χ4v) is 3.76. The van der Waals surface area contributed by atoms with Gasteiger partial charge in [-0.1, -0.05) is 36.4 Å². The first-order chi connectivity index (χ1) is 10.8. The van der Waals surface area contributed by atoms with Gasteiger partial charge in [0.2, 0.25) is 0 Å². The van der Waals surface area contributed by atoms with Crippen LogP contribution < -0.4 is 5.32 Å². The lowest BCUT2D eigenvalue weighted by molar-refractivity contribution is 0.0916. The molecule has 0 aliphatic heterocycles. The quantitative estimate of drug-likeness (QED) is 0.912. The van der Waals surface area contributed by atoms with Crippen LogP contribution in [0.2, 0.25) is 0 Å². The summed E-state index contributed by atoms with van der Waals surface area (Å²) < 4.78 is 13.5. The Labute approximate surface area is 130 Å². The molecular formula is C19H21FN2. The van der Waals surface area contributed by atoms with Crippen molar-refractivity contribution in [3.63, 3.8) is 0 Å². The van der Waals surface area contributed by atoms with Crippen LogP contribution in [-0.2, 0) is 5.41 Å². The lowest BCUT2D eigenvalue weighted by atomic mass is 9.63. The zero-order valence-electron chi connectivity index (χ0n) is 12.6. The molecule has 1 aromatic carbocycles. The number of alkyl halides is 1. The SMILES string of the molecule is FC1CC(CN[C@H]2C[C@@H]2c2ccccc2)(c2cccnc2)C1. The Hall–Kier alpha value is -1.74. The summed E-state index contributed by atoms with van der Waals surface area (Å²) in [7, 11) is 0. The summed E-state index contributed by atoms with van der Waals surface area (Å²) in [4.78, 5) is 4.21. The van der Waals surface area contributed by atoms with Gasteiger partial charge in [-0.25, -0.2) is 4.39 Å². The lowest BCUT2D eigenvalue weighted by Gasteiger charge is -2.45. The van der Waals surface area contributed by atoms with Crippen LogP contribution in [-0.4, -0.2) is 23.7 Å². The molecule has 0 radical (unpaired) electrons. The lowest BCUT2D eigenvalue weighted by Crippen LogP contribution is -2.50. The molecule has 114 valence electrons. The van der Waals surface area contributed by atoms with Gasteiger partial charge in [-0.05, 0) is 36.5 Å². The van der Waals surface area contributed by atoms with Gasteiger partial charge in [0.15, 0.2) is 0 Å². The standard InChI is InChI=1S/C19H21FN2/c20-16-10-19(11-16,15-7-4-8-21-12-15)13-22-18-9-17(18)14-5-2-1-3-6-14/h1-8,12,16-18,22H,9-11,13H2/t16?,17-,18+,19?/m1/s1. The number of nitrogens with zero attached hydrogens (tertiary/aromatic N) is 1. The summed E-state index contributed by atoms with van der Waals surface area (Å²) in [6.45, 7) is 0.854. The number of rotatable bonds is 5. The summed E-state index contributed by atoms with van der Waals surface area (Å²) in [5, 5.41) is 3.67. The van der Waals surface area contributed by atoms with Gasteiger partial charge in [0.25, 0.3) is 0 Å². The van der Waals surface area contributed by atoms with Crippen molar-refractivity contribution in [3.05, 3.63) is 66.0 Å². The van der Waals surface area contributed by atoms with Crippen molar-refractivity contribution in [2.45, 2.75) is 42.8 Å². The van der Waals surface area contributed by atoms with Crippen LogP contribution in [0.15, 0.2) is 54.9 Å². The molecule has 2 nitrogen and oxygen atoms in total. The molecule has 2 fully saturated rings. The van der Waals surface area contributed by atoms with Gasteiger partial charge in [0, 0.05) is 36.3 Å². The van der Waals surface area contributed by atoms with Crippen molar-refractivity contribution in [2.75, 3.05) is 6.54 Å². The van der Waals surface area contributed by atoms with Crippen LogP contribution in [0.25, 0.3) is 0 Å². The maximum atomic E-state index is 13.5. The largest absolute Gasteiger partial charge is 0.312 e. The van der Waals surface area contributed by atoms with Crippen molar-refractivity contribution < 1.29 is 4.39 Å². The molecule has 0 bridgehead atoms. The van der Waals surface area contributed by atoms with Gasteiger partial charge in [-0.3, -0.25) is 4.98 Å². The number of halogens is 1. The van der Waals surface area contributed by atoms with Crippen LogP contribution in [0.4, 0.5) is 4.39 Å². The highest BCUT2D eigenvalue weighted by molar-refractivity contribution is 5.30. The highest BCUT2D eigenvalue weighted by Crippen LogP contribution is 2.46. The average molecular weight is 296 g/mol. The van der Waals surface area contributed by atoms with E-state index in [0.717, 1.165) is 6.54 Å². The van der Waals surface area contributed by atoms with Crippen LogP contribution >= 0.6 is 0 Å². The van der Waals surface area contributed by atoms with Crippen molar-refractivity contribution in [2.24, 2.45) is 0 Å². The summed E-state index contributed by atoms with van der Waals surface area (Å²) in [5.74, 6) is 0.619. The Morgan fingerprint density at radius 3 is 2.64 bits per heavy atom. The fourth-order valence-electron chi connectivity index (χ4n) is 3.76. The number of hydrogen-bond acceptors (Lipinski definition) is 2. The number of aromatic nitrogens is 1. The molecule has 0 amide bonds. The molecule has 4 rings (SSSR count). The minimum absolute atomic E-state index is 0.0580. The van der Waals surface area contributed by atoms with Crippen molar-refractivity contribution in [1.82, 2.24) is 10.3 Å². The molecule has 1 heterocycles. The van der Waals surface area contributed by atoms with Gasteiger partial charge in [-0.15, -0.1) is 0 Å². The van der Waals surface area contributed by atoms with E-state index in [2.05, 4.69) is 46.7 Å². The Morgan fingerprint density at radius 2 is 1.95 bits per heavy atom. The second-order valence-corrected chi connectivity index (χ2v) is 6.77. The summed E-state index contributed by atoms with van der Waals surface area (Å²) >= 11 is 0. The number of nitrogens with one attached hydrogen (secondary N) is 1. The third kappa shape index (κ3) is 2.54. The van der Waals surface area contributed by atoms with E-state index in [1.165, 1.54) is 17.5 Å². The van der Waals surface area contributed by atoms with E-state index >= 15 is 0 Å². The molecule has 0 spiro atoms. The Kier molecular flexibility index (Phi) is 3.45. The molecule has 1 N–H and O–H groups in total. The molecule has 0 unspecified atom stereocenters. The van der Waals surface area contributed by atoms with E-state index in [9.17, 15) is 4.39 Å². The highest BCUT2D eigenvalue weighted by Gasteiger charge is 2.48. The van der Waals surface area contributed by atoms with E-state index in [-0.39, 0.29) is 5.41 Å². The fraction of sp³-hybridized carbons (Fsp3) is 0.421. The minimum atomic E-state index is -0.661. The van der Waals surface area contributed by atoms with Crippen LogP contribution in [0.5, 0.6) is 0 Å². The normalized spacial score (nSPS) is 33.2. The predicted octanol–water partition coefficient (Wildman–Crippen LogP) is 3.60. The second kappa shape index (κ2) is 5.47. The first-order valence-corrected chi connectivity index (χ1v) is 8.10. The van der Waals surface area contributed by atoms with Gasteiger partial charge in [0.1, 0.15) is 6.17 Å². The summed E-state index contributed by atoms with van der Waals surface area (Å²) in [6.07, 6.45) is 5.44. The molecule has 1 aromatic heterocycles. The van der Waals surface area contributed by atoms with Gasteiger partial charge < -0.3 is 5.32 Å². The molecule has 0 saturated heterocycles. The zero-order chi connectivity index (χ0) is 15.0. The molecule has 22 heavy (non-hydrogen) atoms. The van der Waals surface area contributed by atoms with Gasteiger partial charge >= 0.3 is 0 Å². The Balaban J connectivity index is 1.40. The van der Waals surface area contributed by atoms with E-state index in [1.54, 1.807) is 6.20 Å². The van der Waals surface area contributed by atoms with E-state index < -0.39 is 6.17 Å². The smallest absolute Gasteiger partial charge is 0.102 e. The molecule has 2 saturated carbocycles. The predicted molar refractivity (Wildman–Crippen MR) is 85.6 cm³/mol. The molecule has 2 atom stereocenters.